The third kappa shape index (κ3) is 1.79. The smallest absolute Gasteiger partial charge is 0.318 e. The lowest BCUT2D eigenvalue weighted by Crippen LogP contribution is -1.99. The zero-order valence-electron chi connectivity index (χ0n) is 8.19. The highest BCUT2D eigenvalue weighted by molar-refractivity contribution is 6.26. The van der Waals surface area contributed by atoms with Gasteiger partial charge in [0, 0.05) is 18.1 Å². The largest absolute Gasteiger partial charge is 0.331 e. The van der Waals surface area contributed by atoms with Gasteiger partial charge in [-0.25, -0.2) is 4.79 Å². The molecule has 0 radical (unpaired) electrons. The van der Waals surface area contributed by atoms with Gasteiger partial charge in [-0.05, 0) is 0 Å². The molecular formula is C11H9NO3. The lowest BCUT2D eigenvalue weighted by molar-refractivity contribution is -0.140. The second-order valence-corrected chi connectivity index (χ2v) is 3.27. The van der Waals surface area contributed by atoms with Gasteiger partial charge in [-0.2, -0.15) is 0 Å². The number of ketones is 1. The molecule has 1 aliphatic carbocycles. The molecule has 0 heterocycles. The Balaban J connectivity index is 2.36. The third-order valence-electron chi connectivity index (χ3n) is 2.15. The predicted octanol–water partition coefficient (Wildman–Crippen LogP) is 1.54. The Labute approximate surface area is 86.5 Å². The van der Waals surface area contributed by atoms with Crippen LogP contribution in [0, 0.1) is 0 Å². The first-order valence-corrected chi connectivity index (χ1v) is 4.55. The van der Waals surface area contributed by atoms with Crippen LogP contribution in [0.25, 0.3) is 0 Å². The van der Waals surface area contributed by atoms with E-state index in [-0.39, 0.29) is 12.2 Å². The first-order valence-electron chi connectivity index (χ1n) is 4.55. The number of benzene rings is 1. The number of hydrogen-bond donors (Lipinski definition) is 0. The van der Waals surface area contributed by atoms with E-state index in [0.29, 0.717) is 11.3 Å². The fraction of sp³-hybridized carbons (Fsp3) is 0.182. The maximum absolute atomic E-state index is 11.5. The van der Waals surface area contributed by atoms with E-state index in [1.807, 2.05) is 6.07 Å². The van der Waals surface area contributed by atoms with E-state index in [4.69, 9.17) is 0 Å². The number of fused-ring (bicyclic) bond motifs is 1. The Kier molecular flexibility index (Phi) is 2.33. The SMILES string of the molecule is CC(=O)ON=C1CC(=O)c2ccccc21. The Morgan fingerprint density at radius 1 is 1.33 bits per heavy atom. The van der Waals surface area contributed by atoms with Crippen LogP contribution in [0.15, 0.2) is 29.4 Å². The number of Topliss-reactive ketones (excluding diaryl/α,β-unsaturated/α-hetero) is 1. The second-order valence-electron chi connectivity index (χ2n) is 3.27. The fourth-order valence-corrected chi connectivity index (χ4v) is 1.52. The van der Waals surface area contributed by atoms with Gasteiger partial charge in [-0.15, -0.1) is 0 Å². The zero-order valence-corrected chi connectivity index (χ0v) is 8.19. The van der Waals surface area contributed by atoms with Crippen molar-refractivity contribution in [3.63, 3.8) is 0 Å². The molecule has 0 fully saturated rings. The van der Waals surface area contributed by atoms with Gasteiger partial charge in [0.15, 0.2) is 5.78 Å². The first kappa shape index (κ1) is 9.58. The van der Waals surface area contributed by atoms with Crippen molar-refractivity contribution in [2.45, 2.75) is 13.3 Å². The molecular weight excluding hydrogens is 194 g/mol. The molecule has 1 aromatic carbocycles. The van der Waals surface area contributed by atoms with Crippen molar-refractivity contribution in [3.8, 4) is 0 Å². The lowest BCUT2D eigenvalue weighted by Gasteiger charge is -1.96. The summed E-state index contributed by atoms with van der Waals surface area (Å²) in [5, 5.41) is 3.66. The number of carbonyl (C=O) groups excluding carboxylic acids is 2. The quantitative estimate of drug-likeness (QED) is 0.514. The summed E-state index contributed by atoms with van der Waals surface area (Å²) < 4.78 is 0. The molecule has 1 aromatic rings. The van der Waals surface area contributed by atoms with Gasteiger partial charge in [-0.3, -0.25) is 4.79 Å². The van der Waals surface area contributed by atoms with E-state index < -0.39 is 5.97 Å². The zero-order chi connectivity index (χ0) is 10.8. The molecule has 4 heteroatoms. The van der Waals surface area contributed by atoms with Crippen LogP contribution in [-0.4, -0.2) is 17.5 Å². The average Bonchev–Trinajstić information content (AvgIpc) is 2.54. The lowest BCUT2D eigenvalue weighted by atomic mass is 10.1. The Morgan fingerprint density at radius 3 is 2.67 bits per heavy atom. The van der Waals surface area contributed by atoms with Crippen molar-refractivity contribution in [2.24, 2.45) is 5.16 Å². The van der Waals surface area contributed by atoms with E-state index in [0.717, 1.165) is 5.56 Å². The maximum Gasteiger partial charge on any atom is 0.331 e. The molecule has 0 N–H and O–H groups in total. The van der Waals surface area contributed by atoms with Crippen molar-refractivity contribution in [3.05, 3.63) is 35.4 Å². The number of oxime groups is 1. The van der Waals surface area contributed by atoms with Crippen molar-refractivity contribution in [1.29, 1.82) is 0 Å². The minimum Gasteiger partial charge on any atom is -0.318 e. The topological polar surface area (TPSA) is 55.7 Å². The highest BCUT2D eigenvalue weighted by atomic mass is 16.7. The standard InChI is InChI=1S/C11H9NO3/c1-7(13)15-12-10-6-11(14)9-5-3-2-4-8(9)10/h2-5H,6H2,1H3. The van der Waals surface area contributed by atoms with E-state index in [1.165, 1.54) is 6.92 Å². The Hall–Kier alpha value is -1.97. The summed E-state index contributed by atoms with van der Waals surface area (Å²) in [5.41, 5.74) is 1.91. The third-order valence-corrected chi connectivity index (χ3v) is 2.15. The number of carbonyl (C=O) groups is 2. The summed E-state index contributed by atoms with van der Waals surface area (Å²) in [6.07, 6.45) is 0.201. The minimum atomic E-state index is -0.487. The van der Waals surface area contributed by atoms with E-state index >= 15 is 0 Å². The summed E-state index contributed by atoms with van der Waals surface area (Å²) in [4.78, 5) is 26.6. The summed E-state index contributed by atoms with van der Waals surface area (Å²) in [6.45, 7) is 1.27. The number of rotatable bonds is 1. The average molecular weight is 203 g/mol. The van der Waals surface area contributed by atoms with E-state index in [2.05, 4.69) is 9.99 Å². The van der Waals surface area contributed by atoms with E-state index in [1.54, 1.807) is 18.2 Å². The highest BCUT2D eigenvalue weighted by Gasteiger charge is 2.25. The van der Waals surface area contributed by atoms with Crippen LogP contribution in [0.4, 0.5) is 0 Å². The van der Waals surface area contributed by atoms with Gasteiger partial charge in [-0.1, -0.05) is 29.4 Å². The van der Waals surface area contributed by atoms with Crippen LogP contribution in [0.2, 0.25) is 0 Å². The van der Waals surface area contributed by atoms with Gasteiger partial charge in [0.25, 0.3) is 0 Å². The molecule has 76 valence electrons. The fourth-order valence-electron chi connectivity index (χ4n) is 1.52. The molecule has 0 bridgehead atoms. The van der Waals surface area contributed by atoms with Crippen LogP contribution in [0.1, 0.15) is 29.3 Å². The second kappa shape index (κ2) is 3.65. The summed E-state index contributed by atoms with van der Waals surface area (Å²) in [5.74, 6) is -0.476. The highest BCUT2D eigenvalue weighted by Crippen LogP contribution is 2.22. The van der Waals surface area contributed by atoms with Crippen molar-refractivity contribution in [1.82, 2.24) is 0 Å². The molecule has 0 aliphatic heterocycles. The van der Waals surface area contributed by atoms with Crippen molar-refractivity contribution < 1.29 is 14.4 Å². The summed E-state index contributed by atoms with van der Waals surface area (Å²) in [6, 6.07) is 7.16. The number of hydrogen-bond acceptors (Lipinski definition) is 4. The van der Waals surface area contributed by atoms with Gasteiger partial charge < -0.3 is 4.84 Å². The van der Waals surface area contributed by atoms with Gasteiger partial charge >= 0.3 is 5.97 Å². The minimum absolute atomic E-state index is 0.0107. The molecule has 0 amide bonds. The number of nitrogens with zero attached hydrogens (tertiary/aromatic N) is 1. The van der Waals surface area contributed by atoms with Gasteiger partial charge in [0.1, 0.15) is 0 Å². The monoisotopic (exact) mass is 203 g/mol. The van der Waals surface area contributed by atoms with Crippen LogP contribution in [0.3, 0.4) is 0 Å². The van der Waals surface area contributed by atoms with Gasteiger partial charge in [0.05, 0.1) is 12.1 Å². The molecule has 0 unspecified atom stereocenters. The molecule has 0 saturated carbocycles. The Bertz CT molecular complexity index is 463. The van der Waals surface area contributed by atoms with E-state index in [9.17, 15) is 9.59 Å². The molecule has 4 nitrogen and oxygen atoms in total. The van der Waals surface area contributed by atoms with Crippen LogP contribution >= 0.6 is 0 Å². The van der Waals surface area contributed by atoms with Gasteiger partial charge in [0.2, 0.25) is 0 Å². The maximum atomic E-state index is 11.5. The molecule has 0 atom stereocenters. The molecule has 0 aromatic heterocycles. The summed E-state index contributed by atoms with van der Waals surface area (Å²) >= 11 is 0. The normalized spacial score (nSPS) is 16.6. The molecule has 2 rings (SSSR count). The van der Waals surface area contributed by atoms with Crippen LogP contribution in [0.5, 0.6) is 0 Å². The predicted molar refractivity (Wildman–Crippen MR) is 53.7 cm³/mol. The van der Waals surface area contributed by atoms with Crippen molar-refractivity contribution >= 4 is 17.5 Å². The van der Waals surface area contributed by atoms with Crippen molar-refractivity contribution in [2.75, 3.05) is 0 Å². The first-order chi connectivity index (χ1) is 7.18. The molecule has 0 spiro atoms. The molecule has 1 aliphatic rings. The Morgan fingerprint density at radius 2 is 2.00 bits per heavy atom. The molecule has 0 saturated heterocycles. The molecule has 15 heavy (non-hydrogen) atoms. The van der Waals surface area contributed by atoms with Crippen LogP contribution in [-0.2, 0) is 9.63 Å². The summed E-state index contributed by atoms with van der Waals surface area (Å²) in [7, 11) is 0. The van der Waals surface area contributed by atoms with Crippen LogP contribution < -0.4 is 0 Å².